The molecule has 0 bridgehead atoms. The predicted octanol–water partition coefficient (Wildman–Crippen LogP) is 2.56. The normalized spacial score (nSPS) is 22.3. The van der Waals surface area contributed by atoms with E-state index in [-0.39, 0.29) is 11.8 Å². The smallest absolute Gasteiger partial charge is 0.239 e. The summed E-state index contributed by atoms with van der Waals surface area (Å²) in [6, 6.07) is 5.48. The highest BCUT2D eigenvalue weighted by Crippen LogP contribution is 2.34. The zero-order chi connectivity index (χ0) is 17.3. The summed E-state index contributed by atoms with van der Waals surface area (Å²) in [6.07, 6.45) is 2.37. The summed E-state index contributed by atoms with van der Waals surface area (Å²) < 4.78 is 0. The van der Waals surface area contributed by atoms with Crippen LogP contribution in [0.1, 0.15) is 19.3 Å². The van der Waals surface area contributed by atoms with Crippen molar-refractivity contribution in [2.45, 2.75) is 25.3 Å². The SMILES string of the molecule is CNC1CCN(C(=O)C2CCN(c3cc(Cl)ccc3Cl)C2=O)CC1. The summed E-state index contributed by atoms with van der Waals surface area (Å²) in [4.78, 5) is 28.9. The highest BCUT2D eigenvalue weighted by molar-refractivity contribution is 6.36. The first kappa shape index (κ1) is 17.5. The number of benzene rings is 1. The first-order valence-electron chi connectivity index (χ1n) is 8.23. The second kappa shape index (κ2) is 7.30. The number of hydrogen-bond acceptors (Lipinski definition) is 3. The van der Waals surface area contributed by atoms with Crippen molar-refractivity contribution in [2.75, 3.05) is 31.6 Å². The van der Waals surface area contributed by atoms with Gasteiger partial charge in [0, 0.05) is 30.7 Å². The lowest BCUT2D eigenvalue weighted by molar-refractivity contribution is -0.140. The molecule has 0 aliphatic carbocycles. The van der Waals surface area contributed by atoms with E-state index in [0.717, 1.165) is 12.8 Å². The van der Waals surface area contributed by atoms with E-state index in [1.54, 1.807) is 23.1 Å². The molecule has 130 valence electrons. The van der Waals surface area contributed by atoms with Crippen molar-refractivity contribution in [3.05, 3.63) is 28.2 Å². The van der Waals surface area contributed by atoms with Gasteiger partial charge in [0.1, 0.15) is 5.92 Å². The quantitative estimate of drug-likeness (QED) is 0.833. The first-order valence-corrected chi connectivity index (χ1v) is 8.99. The maximum atomic E-state index is 12.7. The topological polar surface area (TPSA) is 52.7 Å². The number of carbonyl (C=O) groups is 2. The van der Waals surface area contributed by atoms with Gasteiger partial charge in [0.05, 0.1) is 10.7 Å². The zero-order valence-corrected chi connectivity index (χ0v) is 15.1. The molecule has 1 unspecified atom stereocenters. The molecule has 1 N–H and O–H groups in total. The summed E-state index contributed by atoms with van der Waals surface area (Å²) in [5.74, 6) is -0.846. The number of amides is 2. The van der Waals surface area contributed by atoms with Crippen LogP contribution >= 0.6 is 23.2 Å². The second-order valence-corrected chi connectivity index (χ2v) is 7.16. The van der Waals surface area contributed by atoms with Crippen molar-refractivity contribution in [3.63, 3.8) is 0 Å². The van der Waals surface area contributed by atoms with Gasteiger partial charge in [-0.25, -0.2) is 0 Å². The van der Waals surface area contributed by atoms with Gasteiger partial charge in [-0.05, 0) is 44.5 Å². The molecule has 0 aromatic heterocycles. The zero-order valence-electron chi connectivity index (χ0n) is 13.6. The van der Waals surface area contributed by atoms with Gasteiger partial charge < -0.3 is 15.1 Å². The molecule has 1 aromatic rings. The second-order valence-electron chi connectivity index (χ2n) is 6.32. The molecule has 0 saturated carbocycles. The van der Waals surface area contributed by atoms with Gasteiger partial charge in [-0.2, -0.15) is 0 Å². The molecule has 1 aromatic carbocycles. The Bertz CT molecular complexity index is 645. The molecule has 1 atom stereocenters. The number of halogens is 2. The highest BCUT2D eigenvalue weighted by atomic mass is 35.5. The van der Waals surface area contributed by atoms with Crippen molar-refractivity contribution in [3.8, 4) is 0 Å². The third-order valence-corrected chi connectivity index (χ3v) is 5.47. The van der Waals surface area contributed by atoms with Crippen LogP contribution in [0.4, 0.5) is 5.69 Å². The minimum Gasteiger partial charge on any atom is -0.342 e. The van der Waals surface area contributed by atoms with Crippen LogP contribution in [0.2, 0.25) is 10.0 Å². The van der Waals surface area contributed by atoms with Crippen molar-refractivity contribution < 1.29 is 9.59 Å². The number of piperidine rings is 1. The number of nitrogens with one attached hydrogen (secondary N) is 1. The molecule has 2 fully saturated rings. The molecule has 2 heterocycles. The highest BCUT2D eigenvalue weighted by Gasteiger charge is 2.40. The van der Waals surface area contributed by atoms with Gasteiger partial charge in [0.2, 0.25) is 11.8 Å². The Hall–Kier alpha value is -1.30. The summed E-state index contributed by atoms with van der Waals surface area (Å²) in [7, 11) is 1.94. The van der Waals surface area contributed by atoms with Crippen LogP contribution in [-0.4, -0.2) is 49.4 Å². The maximum Gasteiger partial charge on any atom is 0.239 e. The van der Waals surface area contributed by atoms with Gasteiger partial charge in [-0.15, -0.1) is 0 Å². The summed E-state index contributed by atoms with van der Waals surface area (Å²) in [6.45, 7) is 1.89. The van der Waals surface area contributed by atoms with Gasteiger partial charge in [-0.3, -0.25) is 9.59 Å². The summed E-state index contributed by atoms with van der Waals surface area (Å²) in [5.41, 5.74) is 0.582. The summed E-state index contributed by atoms with van der Waals surface area (Å²) in [5, 5.41) is 4.23. The molecule has 5 nitrogen and oxygen atoms in total. The van der Waals surface area contributed by atoms with E-state index in [2.05, 4.69) is 5.32 Å². The average molecular weight is 370 g/mol. The van der Waals surface area contributed by atoms with Crippen molar-refractivity contribution in [1.82, 2.24) is 10.2 Å². The lowest BCUT2D eigenvalue weighted by Gasteiger charge is -2.33. The van der Waals surface area contributed by atoms with Crippen molar-refractivity contribution >= 4 is 40.7 Å². The Kier molecular flexibility index (Phi) is 5.33. The van der Waals surface area contributed by atoms with Gasteiger partial charge in [-0.1, -0.05) is 23.2 Å². The summed E-state index contributed by atoms with van der Waals surface area (Å²) >= 11 is 12.2. The Balaban J connectivity index is 1.70. The minimum atomic E-state index is -0.605. The minimum absolute atomic E-state index is 0.0600. The molecule has 0 spiro atoms. The molecular formula is C17H21Cl2N3O2. The largest absolute Gasteiger partial charge is 0.342 e. The molecule has 3 rings (SSSR count). The molecule has 24 heavy (non-hydrogen) atoms. The number of likely N-dealkylation sites (tertiary alicyclic amines) is 1. The fraction of sp³-hybridized carbons (Fsp3) is 0.529. The first-order chi connectivity index (χ1) is 11.5. The van der Waals surface area contributed by atoms with Gasteiger partial charge in [0.15, 0.2) is 0 Å². The van der Waals surface area contributed by atoms with Crippen LogP contribution in [-0.2, 0) is 9.59 Å². The molecule has 0 radical (unpaired) electrons. The van der Waals surface area contributed by atoms with E-state index in [1.165, 1.54) is 0 Å². The maximum absolute atomic E-state index is 12.7. The molecule has 2 aliphatic rings. The van der Waals surface area contributed by atoms with Crippen LogP contribution in [0.3, 0.4) is 0 Å². The number of nitrogens with zero attached hydrogens (tertiary/aromatic N) is 2. The van der Waals surface area contributed by atoms with Crippen LogP contribution in [0.15, 0.2) is 18.2 Å². The molecule has 2 saturated heterocycles. The van der Waals surface area contributed by atoms with Gasteiger partial charge >= 0.3 is 0 Å². The van der Waals surface area contributed by atoms with Crippen molar-refractivity contribution in [2.24, 2.45) is 5.92 Å². The lowest BCUT2D eigenvalue weighted by atomic mass is 10.0. The van der Waals surface area contributed by atoms with E-state index >= 15 is 0 Å². The monoisotopic (exact) mass is 369 g/mol. The number of carbonyl (C=O) groups excluding carboxylic acids is 2. The van der Waals surface area contributed by atoms with E-state index in [1.807, 2.05) is 11.9 Å². The molecular weight excluding hydrogens is 349 g/mol. The Labute approximate surface area is 151 Å². The molecule has 2 amide bonds. The lowest BCUT2D eigenvalue weighted by Crippen LogP contribution is -2.47. The van der Waals surface area contributed by atoms with E-state index in [9.17, 15) is 9.59 Å². The molecule has 7 heteroatoms. The fourth-order valence-corrected chi connectivity index (χ4v) is 3.84. The number of hydrogen-bond donors (Lipinski definition) is 1. The standard InChI is InChI=1S/C17H21Cl2N3O2/c1-20-12-4-7-21(8-5-12)16(23)13-6-9-22(17(13)24)15-10-11(18)2-3-14(15)19/h2-3,10,12-13,20H,4-9H2,1H3. The van der Waals surface area contributed by atoms with Crippen LogP contribution in [0.25, 0.3) is 0 Å². The van der Waals surface area contributed by atoms with E-state index in [4.69, 9.17) is 23.2 Å². The van der Waals surface area contributed by atoms with Crippen LogP contribution < -0.4 is 10.2 Å². The van der Waals surface area contributed by atoms with Crippen LogP contribution in [0, 0.1) is 5.92 Å². The third-order valence-electron chi connectivity index (χ3n) is 4.92. The average Bonchev–Trinajstić information content (AvgIpc) is 2.98. The Morgan fingerprint density at radius 1 is 1.17 bits per heavy atom. The van der Waals surface area contributed by atoms with Crippen LogP contribution in [0.5, 0.6) is 0 Å². The molecule has 2 aliphatic heterocycles. The van der Waals surface area contributed by atoms with E-state index < -0.39 is 5.92 Å². The van der Waals surface area contributed by atoms with Gasteiger partial charge in [0.25, 0.3) is 0 Å². The fourth-order valence-electron chi connectivity index (χ4n) is 3.45. The predicted molar refractivity (Wildman–Crippen MR) is 95.6 cm³/mol. The van der Waals surface area contributed by atoms with Crippen molar-refractivity contribution in [1.29, 1.82) is 0 Å². The Morgan fingerprint density at radius 2 is 1.88 bits per heavy atom. The number of anilines is 1. The third kappa shape index (κ3) is 3.39. The number of rotatable bonds is 3. The van der Waals surface area contributed by atoms with E-state index in [0.29, 0.717) is 47.8 Å². The Morgan fingerprint density at radius 3 is 2.54 bits per heavy atom.